The summed E-state index contributed by atoms with van der Waals surface area (Å²) in [6.45, 7) is 2.36. The van der Waals surface area contributed by atoms with Gasteiger partial charge in [-0.3, -0.25) is 4.90 Å². The molecule has 0 aliphatic carbocycles. The lowest BCUT2D eigenvalue weighted by atomic mass is 9.98. The molecule has 0 saturated carbocycles. The molecule has 1 fully saturated rings. The lowest BCUT2D eigenvalue weighted by Gasteiger charge is -2.38. The van der Waals surface area contributed by atoms with Gasteiger partial charge in [-0.25, -0.2) is 8.42 Å². The Morgan fingerprint density at radius 3 is 2.52 bits per heavy atom. The zero-order valence-corrected chi connectivity index (χ0v) is 13.5. The molecule has 2 atom stereocenters. The van der Waals surface area contributed by atoms with E-state index in [9.17, 15) is 8.42 Å². The van der Waals surface area contributed by atoms with Crippen molar-refractivity contribution in [3.63, 3.8) is 0 Å². The molecule has 0 aromatic heterocycles. The maximum absolute atomic E-state index is 11.5. The largest absolute Gasteiger partial charge is 0.381 e. The number of nitrogens with two attached hydrogens (primary N) is 1. The van der Waals surface area contributed by atoms with Crippen LogP contribution in [0.2, 0.25) is 0 Å². The summed E-state index contributed by atoms with van der Waals surface area (Å²) in [4.78, 5) is 2.71. The van der Waals surface area contributed by atoms with E-state index < -0.39 is 9.84 Å². The third kappa shape index (κ3) is 4.26. The predicted octanol–water partition coefficient (Wildman–Crippen LogP) is 1.03. The number of hydrogen-bond donors (Lipinski definition) is 1. The van der Waals surface area contributed by atoms with Gasteiger partial charge < -0.3 is 10.5 Å². The highest BCUT2D eigenvalue weighted by atomic mass is 32.2. The molecule has 1 aromatic rings. The van der Waals surface area contributed by atoms with Gasteiger partial charge in [-0.2, -0.15) is 0 Å². The van der Waals surface area contributed by atoms with Gasteiger partial charge in [-0.05, 0) is 30.5 Å². The second kappa shape index (κ2) is 6.87. The van der Waals surface area contributed by atoms with E-state index in [1.54, 1.807) is 19.2 Å². The summed E-state index contributed by atoms with van der Waals surface area (Å²) in [6, 6.07) is 7.42. The van der Waals surface area contributed by atoms with Crippen LogP contribution in [0, 0.1) is 0 Å². The third-order valence-corrected chi connectivity index (χ3v) is 5.26. The lowest BCUT2D eigenvalue weighted by molar-refractivity contribution is 0.0102. The first-order chi connectivity index (χ1) is 9.94. The molecule has 2 rings (SSSR count). The van der Waals surface area contributed by atoms with Crippen LogP contribution in [0.1, 0.15) is 18.4 Å². The van der Waals surface area contributed by atoms with E-state index in [1.807, 2.05) is 12.1 Å². The number of benzene rings is 1. The van der Waals surface area contributed by atoms with Crippen molar-refractivity contribution in [2.75, 3.05) is 26.5 Å². The molecule has 2 N–H and O–H groups in total. The molecule has 0 bridgehead atoms. The van der Waals surface area contributed by atoms with Gasteiger partial charge in [-0.15, -0.1) is 0 Å². The van der Waals surface area contributed by atoms with Gasteiger partial charge in [0.05, 0.1) is 11.0 Å². The van der Waals surface area contributed by atoms with E-state index in [0.29, 0.717) is 23.6 Å². The minimum atomic E-state index is -3.13. The van der Waals surface area contributed by atoms with Gasteiger partial charge in [0.25, 0.3) is 0 Å². The fraction of sp³-hybridized carbons (Fsp3) is 0.600. The van der Waals surface area contributed by atoms with Crippen LogP contribution >= 0.6 is 0 Å². The molecule has 1 saturated heterocycles. The van der Waals surface area contributed by atoms with E-state index in [0.717, 1.165) is 31.5 Å². The Labute approximate surface area is 127 Å². The molecule has 0 radical (unpaired) electrons. The average Bonchev–Trinajstić information content (AvgIpc) is 2.47. The highest BCUT2D eigenvalue weighted by molar-refractivity contribution is 7.90. The maximum atomic E-state index is 11.5. The van der Waals surface area contributed by atoms with Gasteiger partial charge in [0.1, 0.15) is 0 Å². The molecule has 118 valence electrons. The minimum absolute atomic E-state index is 0.294. The Morgan fingerprint density at radius 2 is 2.00 bits per heavy atom. The van der Waals surface area contributed by atoms with Gasteiger partial charge in [0, 0.05) is 39.0 Å². The highest BCUT2D eigenvalue weighted by Crippen LogP contribution is 2.21. The standard InChI is InChI=1S/C15H24N2O3S/c1-20-14-7-8-17(13(9-14)10-16)11-12-3-5-15(6-4-12)21(2,18)19/h3-6,13-14H,7-11,16H2,1-2H3. The van der Waals surface area contributed by atoms with Crippen LogP contribution in [-0.4, -0.2) is 51.9 Å². The van der Waals surface area contributed by atoms with Gasteiger partial charge in [0.15, 0.2) is 9.84 Å². The zero-order chi connectivity index (χ0) is 15.5. The van der Waals surface area contributed by atoms with Gasteiger partial charge in [-0.1, -0.05) is 12.1 Å². The first-order valence-corrected chi connectivity index (χ1v) is 9.09. The molecule has 21 heavy (non-hydrogen) atoms. The summed E-state index contributed by atoms with van der Waals surface area (Å²) in [5.41, 5.74) is 6.98. The molecule has 6 heteroatoms. The number of ether oxygens (including phenoxy) is 1. The molecular weight excluding hydrogens is 288 g/mol. The number of hydrogen-bond acceptors (Lipinski definition) is 5. The van der Waals surface area contributed by atoms with Crippen molar-refractivity contribution < 1.29 is 13.2 Å². The van der Waals surface area contributed by atoms with Crippen LogP contribution in [0.4, 0.5) is 0 Å². The van der Waals surface area contributed by atoms with Gasteiger partial charge >= 0.3 is 0 Å². The predicted molar refractivity (Wildman–Crippen MR) is 82.8 cm³/mol. The van der Waals surface area contributed by atoms with E-state index in [-0.39, 0.29) is 0 Å². The fourth-order valence-electron chi connectivity index (χ4n) is 2.81. The topological polar surface area (TPSA) is 72.6 Å². The Hall–Kier alpha value is -0.950. The Balaban J connectivity index is 2.04. The van der Waals surface area contributed by atoms with Crippen molar-refractivity contribution in [1.82, 2.24) is 4.90 Å². The summed E-state index contributed by atoms with van der Waals surface area (Å²) in [5.74, 6) is 0. The summed E-state index contributed by atoms with van der Waals surface area (Å²) < 4.78 is 28.3. The number of likely N-dealkylation sites (tertiary alicyclic amines) is 1. The van der Waals surface area contributed by atoms with Crippen molar-refractivity contribution in [2.24, 2.45) is 5.73 Å². The summed E-state index contributed by atoms with van der Waals surface area (Å²) in [7, 11) is -1.38. The molecule has 0 spiro atoms. The molecule has 1 heterocycles. The number of nitrogens with zero attached hydrogens (tertiary/aromatic N) is 1. The summed E-state index contributed by atoms with van der Waals surface area (Å²) in [6.07, 6.45) is 3.48. The van der Waals surface area contributed by atoms with Crippen LogP contribution in [0.25, 0.3) is 0 Å². The average molecular weight is 312 g/mol. The van der Waals surface area contributed by atoms with Crippen LogP contribution < -0.4 is 5.73 Å². The highest BCUT2D eigenvalue weighted by Gasteiger charge is 2.27. The van der Waals surface area contributed by atoms with Crippen molar-refractivity contribution in [3.8, 4) is 0 Å². The first-order valence-electron chi connectivity index (χ1n) is 7.20. The third-order valence-electron chi connectivity index (χ3n) is 4.13. The quantitative estimate of drug-likeness (QED) is 0.879. The number of rotatable bonds is 5. The van der Waals surface area contributed by atoms with Crippen molar-refractivity contribution in [1.29, 1.82) is 0 Å². The normalized spacial score (nSPS) is 24.1. The van der Waals surface area contributed by atoms with E-state index in [1.165, 1.54) is 6.26 Å². The molecular formula is C15H24N2O3S. The SMILES string of the molecule is COC1CCN(Cc2ccc(S(C)(=O)=O)cc2)C(CN)C1. The van der Waals surface area contributed by atoms with Crippen LogP contribution in [0.15, 0.2) is 29.2 Å². The van der Waals surface area contributed by atoms with E-state index >= 15 is 0 Å². The number of piperidine rings is 1. The van der Waals surface area contributed by atoms with E-state index in [2.05, 4.69) is 4.90 Å². The smallest absolute Gasteiger partial charge is 0.175 e. The Kier molecular flexibility index (Phi) is 5.37. The first kappa shape index (κ1) is 16.4. The van der Waals surface area contributed by atoms with Crippen molar-refractivity contribution in [2.45, 2.75) is 36.4 Å². The summed E-state index contributed by atoms with van der Waals surface area (Å²) in [5, 5.41) is 0. The molecule has 1 aliphatic heterocycles. The molecule has 5 nitrogen and oxygen atoms in total. The molecule has 0 amide bonds. The fourth-order valence-corrected chi connectivity index (χ4v) is 3.44. The maximum Gasteiger partial charge on any atom is 0.175 e. The lowest BCUT2D eigenvalue weighted by Crippen LogP contribution is -2.47. The molecule has 1 aromatic carbocycles. The van der Waals surface area contributed by atoms with Gasteiger partial charge in [0.2, 0.25) is 0 Å². The zero-order valence-electron chi connectivity index (χ0n) is 12.7. The number of methoxy groups -OCH3 is 1. The second-order valence-corrected chi connectivity index (χ2v) is 7.67. The van der Waals surface area contributed by atoms with Crippen LogP contribution in [0.5, 0.6) is 0 Å². The molecule has 1 aliphatic rings. The minimum Gasteiger partial charge on any atom is -0.381 e. The Morgan fingerprint density at radius 1 is 1.33 bits per heavy atom. The monoisotopic (exact) mass is 312 g/mol. The van der Waals surface area contributed by atoms with E-state index in [4.69, 9.17) is 10.5 Å². The summed E-state index contributed by atoms with van der Waals surface area (Å²) >= 11 is 0. The second-order valence-electron chi connectivity index (χ2n) is 5.66. The number of sulfone groups is 1. The van der Waals surface area contributed by atoms with Crippen LogP contribution in [0.3, 0.4) is 0 Å². The van der Waals surface area contributed by atoms with Crippen molar-refractivity contribution in [3.05, 3.63) is 29.8 Å². The Bertz CT molecular complexity index is 557. The van der Waals surface area contributed by atoms with Crippen LogP contribution in [-0.2, 0) is 21.1 Å². The molecule has 2 unspecified atom stereocenters. The van der Waals surface area contributed by atoms with Crippen molar-refractivity contribution >= 4 is 9.84 Å².